The summed E-state index contributed by atoms with van der Waals surface area (Å²) in [6.45, 7) is 4.23. The van der Waals surface area contributed by atoms with Crippen LogP contribution < -0.4 is 16.4 Å². The monoisotopic (exact) mass is 432 g/mol. The van der Waals surface area contributed by atoms with Crippen LogP contribution in [0.5, 0.6) is 0 Å². The number of nitrogens with one attached hydrogen (secondary N) is 3. The third-order valence-corrected chi connectivity index (χ3v) is 5.80. The molecule has 1 aliphatic rings. The van der Waals surface area contributed by atoms with Crippen LogP contribution in [0.15, 0.2) is 54.7 Å². The first-order chi connectivity index (χ1) is 15.5. The molecule has 5 N–H and O–H groups in total. The van der Waals surface area contributed by atoms with Gasteiger partial charge in [-0.1, -0.05) is 24.3 Å². The van der Waals surface area contributed by atoms with Gasteiger partial charge in [0.15, 0.2) is 0 Å². The Morgan fingerprint density at radius 1 is 1.22 bits per heavy atom. The number of carbonyl (C=O) groups is 2. The molecule has 2 amide bonds. The smallest absolute Gasteiger partial charge is 0.250 e. The van der Waals surface area contributed by atoms with E-state index in [2.05, 4.69) is 15.6 Å². The molecule has 0 saturated carbocycles. The summed E-state index contributed by atoms with van der Waals surface area (Å²) in [5.74, 6) is -0.654. The molecule has 1 saturated heterocycles. The molecule has 0 spiro atoms. The highest BCUT2D eigenvalue weighted by Gasteiger charge is 2.15. The molecule has 1 aliphatic heterocycles. The molecule has 1 atom stereocenters. The average molecular weight is 433 g/mol. The Kier molecular flexibility index (Phi) is 6.68. The van der Waals surface area contributed by atoms with Crippen LogP contribution in [0.1, 0.15) is 28.8 Å². The SMILES string of the molecule is Cc1c(NC(=O)C=CCNCC2CCCO2)cccc1-c1ccc(C(N)=O)c2[nH]ccc12. The third kappa shape index (κ3) is 4.74. The fourth-order valence-electron chi connectivity index (χ4n) is 4.13. The molecule has 0 radical (unpaired) electrons. The van der Waals surface area contributed by atoms with Crippen LogP contribution in [-0.2, 0) is 9.53 Å². The Morgan fingerprint density at radius 2 is 2.09 bits per heavy atom. The van der Waals surface area contributed by atoms with E-state index in [0.29, 0.717) is 17.6 Å². The van der Waals surface area contributed by atoms with Crippen molar-refractivity contribution in [2.45, 2.75) is 25.9 Å². The average Bonchev–Trinajstić information content (AvgIpc) is 3.46. The second-order valence-electron chi connectivity index (χ2n) is 7.95. The molecule has 7 heteroatoms. The van der Waals surface area contributed by atoms with Crippen LogP contribution >= 0.6 is 0 Å². The lowest BCUT2D eigenvalue weighted by Gasteiger charge is -2.14. The molecular weight excluding hydrogens is 404 g/mol. The van der Waals surface area contributed by atoms with Gasteiger partial charge in [0.2, 0.25) is 5.91 Å². The first kappa shape index (κ1) is 21.8. The molecule has 166 valence electrons. The predicted octanol–water partition coefficient (Wildman–Crippen LogP) is 3.51. The number of benzene rings is 2. The van der Waals surface area contributed by atoms with Crippen LogP contribution in [0.4, 0.5) is 5.69 Å². The van der Waals surface area contributed by atoms with E-state index in [4.69, 9.17) is 10.5 Å². The molecule has 2 heterocycles. The van der Waals surface area contributed by atoms with Crippen molar-refractivity contribution >= 4 is 28.4 Å². The zero-order valence-electron chi connectivity index (χ0n) is 18.1. The van der Waals surface area contributed by atoms with Crippen LogP contribution in [0.3, 0.4) is 0 Å². The number of nitrogens with two attached hydrogens (primary N) is 1. The molecule has 2 aromatic carbocycles. The first-order valence-corrected chi connectivity index (χ1v) is 10.8. The van der Waals surface area contributed by atoms with E-state index in [0.717, 1.165) is 53.8 Å². The molecule has 0 aliphatic carbocycles. The molecule has 1 aromatic heterocycles. The number of hydrogen-bond donors (Lipinski definition) is 4. The zero-order chi connectivity index (χ0) is 22.5. The minimum absolute atomic E-state index is 0.181. The number of fused-ring (bicyclic) bond motifs is 1. The second-order valence-corrected chi connectivity index (χ2v) is 7.95. The third-order valence-electron chi connectivity index (χ3n) is 5.80. The van der Waals surface area contributed by atoms with Gasteiger partial charge in [-0.3, -0.25) is 9.59 Å². The predicted molar refractivity (Wildman–Crippen MR) is 127 cm³/mol. The van der Waals surface area contributed by atoms with Crippen LogP contribution in [0.2, 0.25) is 0 Å². The van der Waals surface area contributed by atoms with Gasteiger partial charge in [0.05, 0.1) is 17.2 Å². The van der Waals surface area contributed by atoms with Gasteiger partial charge >= 0.3 is 0 Å². The molecule has 3 aromatic rings. The van der Waals surface area contributed by atoms with Crippen LogP contribution in [0, 0.1) is 6.92 Å². The molecule has 4 rings (SSSR count). The normalized spacial score (nSPS) is 16.1. The van der Waals surface area contributed by atoms with Crippen molar-refractivity contribution in [3.05, 3.63) is 65.9 Å². The lowest BCUT2D eigenvalue weighted by Crippen LogP contribution is -2.26. The van der Waals surface area contributed by atoms with Gasteiger partial charge < -0.3 is 26.1 Å². The van der Waals surface area contributed by atoms with Gasteiger partial charge in [-0.05, 0) is 54.7 Å². The maximum atomic E-state index is 12.4. The van der Waals surface area contributed by atoms with Crippen molar-refractivity contribution in [1.82, 2.24) is 10.3 Å². The molecule has 1 unspecified atom stereocenters. The topological polar surface area (TPSA) is 109 Å². The Bertz CT molecular complexity index is 1160. The van der Waals surface area contributed by atoms with Crippen LogP contribution in [-0.4, -0.2) is 42.6 Å². The number of primary amides is 1. The van der Waals surface area contributed by atoms with E-state index in [1.165, 1.54) is 0 Å². The van der Waals surface area contributed by atoms with Gasteiger partial charge in [0.25, 0.3) is 5.91 Å². The molecular formula is C25H28N4O3. The minimum atomic E-state index is -0.473. The maximum Gasteiger partial charge on any atom is 0.250 e. The Labute approximate surface area is 187 Å². The maximum absolute atomic E-state index is 12.4. The summed E-state index contributed by atoms with van der Waals surface area (Å²) in [7, 11) is 0. The van der Waals surface area contributed by atoms with Crippen LogP contribution in [0.25, 0.3) is 22.0 Å². The summed E-state index contributed by atoms with van der Waals surface area (Å²) >= 11 is 0. The standard InChI is InChI=1S/C25H28N4O3/c1-16-18(19-9-10-21(25(26)31)24-20(19)11-13-28-24)6-2-7-22(16)29-23(30)8-3-12-27-15-17-5-4-14-32-17/h2-3,6-11,13,17,27-28H,4-5,12,14-15H2,1H3,(H2,26,31)(H,29,30). The number of ether oxygens (including phenoxy) is 1. The fraction of sp³-hybridized carbons (Fsp3) is 0.280. The Hall–Kier alpha value is -3.42. The largest absolute Gasteiger partial charge is 0.377 e. The Morgan fingerprint density at radius 3 is 2.88 bits per heavy atom. The van der Waals surface area contributed by atoms with Gasteiger partial charge in [0, 0.05) is 43.0 Å². The summed E-state index contributed by atoms with van der Waals surface area (Å²) in [4.78, 5) is 27.3. The molecule has 1 fully saturated rings. The molecule has 32 heavy (non-hydrogen) atoms. The van der Waals surface area contributed by atoms with Crippen molar-refractivity contribution in [3.63, 3.8) is 0 Å². The van der Waals surface area contributed by atoms with Gasteiger partial charge in [-0.2, -0.15) is 0 Å². The Balaban J connectivity index is 1.46. The fourth-order valence-corrected chi connectivity index (χ4v) is 4.13. The number of aromatic nitrogens is 1. The number of rotatable bonds is 8. The summed E-state index contributed by atoms with van der Waals surface area (Å²) in [6.07, 6.45) is 7.64. The van der Waals surface area contributed by atoms with Gasteiger partial charge in [-0.25, -0.2) is 0 Å². The highest BCUT2D eigenvalue weighted by atomic mass is 16.5. The first-order valence-electron chi connectivity index (χ1n) is 10.8. The molecule has 7 nitrogen and oxygen atoms in total. The van der Waals surface area contributed by atoms with Crippen molar-refractivity contribution in [3.8, 4) is 11.1 Å². The van der Waals surface area contributed by atoms with Crippen molar-refractivity contribution < 1.29 is 14.3 Å². The number of H-pyrrole nitrogens is 1. The van der Waals surface area contributed by atoms with E-state index in [-0.39, 0.29) is 12.0 Å². The van der Waals surface area contributed by atoms with E-state index in [1.54, 1.807) is 18.3 Å². The zero-order valence-corrected chi connectivity index (χ0v) is 18.1. The van der Waals surface area contributed by atoms with Gasteiger partial charge in [-0.15, -0.1) is 0 Å². The minimum Gasteiger partial charge on any atom is -0.377 e. The summed E-state index contributed by atoms with van der Waals surface area (Å²) in [5, 5.41) is 7.16. The van der Waals surface area contributed by atoms with E-state index in [1.807, 2.05) is 43.3 Å². The van der Waals surface area contributed by atoms with E-state index >= 15 is 0 Å². The summed E-state index contributed by atoms with van der Waals surface area (Å²) in [5.41, 5.74) is 10.3. The lowest BCUT2D eigenvalue weighted by molar-refractivity contribution is -0.111. The molecule has 0 bridgehead atoms. The number of carbonyl (C=O) groups excluding carboxylic acids is 2. The van der Waals surface area contributed by atoms with Gasteiger partial charge in [0.1, 0.15) is 0 Å². The van der Waals surface area contributed by atoms with Crippen molar-refractivity contribution in [2.75, 3.05) is 25.0 Å². The lowest BCUT2D eigenvalue weighted by atomic mass is 9.94. The highest BCUT2D eigenvalue weighted by Crippen LogP contribution is 2.34. The van der Waals surface area contributed by atoms with E-state index in [9.17, 15) is 9.59 Å². The number of hydrogen-bond acceptors (Lipinski definition) is 4. The summed E-state index contributed by atoms with van der Waals surface area (Å²) < 4.78 is 5.57. The summed E-state index contributed by atoms with van der Waals surface area (Å²) in [6, 6.07) is 11.3. The number of aromatic amines is 1. The van der Waals surface area contributed by atoms with E-state index < -0.39 is 5.91 Å². The highest BCUT2D eigenvalue weighted by molar-refractivity contribution is 6.09. The van der Waals surface area contributed by atoms with Crippen molar-refractivity contribution in [1.29, 1.82) is 0 Å². The second kappa shape index (κ2) is 9.80. The quantitative estimate of drug-likeness (QED) is 0.323. The van der Waals surface area contributed by atoms with Crippen molar-refractivity contribution in [2.24, 2.45) is 5.73 Å². The number of amides is 2. The number of anilines is 1.